The number of benzene rings is 1. The molecule has 1 unspecified atom stereocenters. The Morgan fingerprint density at radius 3 is 2.76 bits per heavy atom. The molecule has 1 N–H and O–H groups in total. The van der Waals surface area contributed by atoms with E-state index in [1.807, 2.05) is 0 Å². The maximum atomic E-state index is 13.2. The van der Waals surface area contributed by atoms with E-state index in [2.05, 4.69) is 4.98 Å². The number of hydrogen-bond donors (Lipinski definition) is 1. The Balaban J connectivity index is 2.05. The molecule has 1 atom stereocenters. The van der Waals surface area contributed by atoms with Gasteiger partial charge in [0.05, 0.1) is 0 Å². The normalized spacial score (nSPS) is 16.6. The summed E-state index contributed by atoms with van der Waals surface area (Å²) in [4.78, 5) is 28.5. The summed E-state index contributed by atoms with van der Waals surface area (Å²) < 4.78 is 13.2. The van der Waals surface area contributed by atoms with Crippen molar-refractivity contribution >= 4 is 17.6 Å². The smallest absolute Gasteiger partial charge is 0.327 e. The Labute approximate surface area is 119 Å². The molecule has 1 aromatic carbocycles. The average molecular weight is 286 g/mol. The van der Waals surface area contributed by atoms with E-state index < -0.39 is 23.9 Å². The van der Waals surface area contributed by atoms with Gasteiger partial charge >= 0.3 is 5.97 Å². The molecule has 0 saturated carbocycles. The molecule has 5 nitrogen and oxygen atoms in total. The number of hydrogen-bond acceptors (Lipinski definition) is 3. The number of aliphatic carboxylic acids is 1. The highest BCUT2D eigenvalue weighted by Crippen LogP contribution is 2.33. The van der Waals surface area contributed by atoms with Crippen LogP contribution >= 0.6 is 0 Å². The number of rotatable bonds is 2. The number of aromatic nitrogens is 1. The molecule has 3 rings (SSSR count). The van der Waals surface area contributed by atoms with Crippen LogP contribution in [-0.2, 0) is 11.2 Å². The average Bonchev–Trinajstić information content (AvgIpc) is 2.86. The Kier molecular flexibility index (Phi) is 3.13. The third kappa shape index (κ3) is 2.24. The summed E-state index contributed by atoms with van der Waals surface area (Å²) in [5.74, 6) is -2.41. The van der Waals surface area contributed by atoms with Crippen molar-refractivity contribution in [3.63, 3.8) is 0 Å². The van der Waals surface area contributed by atoms with E-state index in [0.29, 0.717) is 5.69 Å². The van der Waals surface area contributed by atoms with Crippen LogP contribution in [0.25, 0.3) is 0 Å². The predicted octanol–water partition coefficient (Wildman–Crippen LogP) is 1.88. The molecule has 0 spiro atoms. The molecule has 1 aromatic heterocycles. The molecule has 1 aliphatic rings. The predicted molar refractivity (Wildman–Crippen MR) is 72.6 cm³/mol. The molecule has 106 valence electrons. The first kappa shape index (κ1) is 13.2. The summed E-state index contributed by atoms with van der Waals surface area (Å²) in [6.07, 6.45) is 1.42. The summed E-state index contributed by atoms with van der Waals surface area (Å²) in [5, 5.41) is 9.33. The lowest BCUT2D eigenvalue weighted by Gasteiger charge is -2.22. The first-order valence-corrected chi connectivity index (χ1v) is 6.34. The van der Waals surface area contributed by atoms with Gasteiger partial charge < -0.3 is 5.11 Å². The van der Waals surface area contributed by atoms with Gasteiger partial charge in [-0.3, -0.25) is 9.69 Å². The molecule has 0 aliphatic carbocycles. The second-order valence-electron chi connectivity index (χ2n) is 4.73. The third-order valence-electron chi connectivity index (χ3n) is 3.45. The highest BCUT2D eigenvalue weighted by Gasteiger charge is 2.38. The van der Waals surface area contributed by atoms with E-state index >= 15 is 0 Å². The van der Waals surface area contributed by atoms with Crippen molar-refractivity contribution in [1.82, 2.24) is 4.98 Å². The van der Waals surface area contributed by atoms with Gasteiger partial charge in [0.1, 0.15) is 6.04 Å². The van der Waals surface area contributed by atoms with Gasteiger partial charge in [-0.05, 0) is 17.7 Å². The number of fused-ring (bicyclic) bond motifs is 1. The summed E-state index contributed by atoms with van der Waals surface area (Å²) in [5.41, 5.74) is 1.41. The van der Waals surface area contributed by atoms with Gasteiger partial charge in [-0.1, -0.05) is 18.2 Å². The molecule has 2 heterocycles. The zero-order valence-electron chi connectivity index (χ0n) is 10.9. The number of anilines is 1. The monoisotopic (exact) mass is 286 g/mol. The maximum absolute atomic E-state index is 13.2. The highest BCUT2D eigenvalue weighted by molar-refractivity contribution is 6.10. The second kappa shape index (κ2) is 4.97. The van der Waals surface area contributed by atoms with Crippen molar-refractivity contribution in [3.05, 3.63) is 59.7 Å². The maximum Gasteiger partial charge on any atom is 0.327 e. The lowest BCUT2D eigenvalue weighted by Crippen LogP contribution is -2.42. The molecule has 0 bridgehead atoms. The molecule has 2 aromatic rings. The zero-order chi connectivity index (χ0) is 15.0. The van der Waals surface area contributed by atoms with Crippen molar-refractivity contribution in [1.29, 1.82) is 0 Å². The SMILES string of the molecule is O=C(O)C1Cc2ccccc2N1C(=O)c1ccnc(F)c1. The number of para-hydroxylation sites is 1. The summed E-state index contributed by atoms with van der Waals surface area (Å²) in [6, 6.07) is 8.38. The summed E-state index contributed by atoms with van der Waals surface area (Å²) in [6.45, 7) is 0. The number of carbonyl (C=O) groups excluding carboxylic acids is 1. The lowest BCUT2D eigenvalue weighted by molar-refractivity contribution is -0.138. The number of halogens is 1. The van der Waals surface area contributed by atoms with Crippen molar-refractivity contribution in [2.75, 3.05) is 4.90 Å². The van der Waals surface area contributed by atoms with Crippen LogP contribution in [0.3, 0.4) is 0 Å². The molecule has 1 aliphatic heterocycles. The number of carboxylic acids is 1. The van der Waals surface area contributed by atoms with Crippen LogP contribution in [0.5, 0.6) is 0 Å². The van der Waals surface area contributed by atoms with Crippen LogP contribution < -0.4 is 4.90 Å². The highest BCUT2D eigenvalue weighted by atomic mass is 19.1. The minimum absolute atomic E-state index is 0.0745. The fraction of sp³-hybridized carbons (Fsp3) is 0.133. The minimum Gasteiger partial charge on any atom is -0.480 e. The van der Waals surface area contributed by atoms with E-state index in [1.165, 1.54) is 17.2 Å². The quantitative estimate of drug-likeness (QED) is 0.856. The number of carboxylic acid groups (broad SMARTS) is 1. The number of nitrogens with zero attached hydrogens (tertiary/aromatic N) is 2. The fourth-order valence-electron chi connectivity index (χ4n) is 2.51. The van der Waals surface area contributed by atoms with Gasteiger partial charge in [-0.25, -0.2) is 9.78 Å². The Morgan fingerprint density at radius 1 is 1.29 bits per heavy atom. The van der Waals surface area contributed by atoms with Crippen LogP contribution in [0.1, 0.15) is 15.9 Å². The first-order valence-electron chi connectivity index (χ1n) is 6.34. The Bertz CT molecular complexity index is 732. The largest absolute Gasteiger partial charge is 0.480 e. The van der Waals surface area contributed by atoms with Gasteiger partial charge in [0.2, 0.25) is 5.95 Å². The van der Waals surface area contributed by atoms with Crippen molar-refractivity contribution in [3.8, 4) is 0 Å². The van der Waals surface area contributed by atoms with E-state index in [4.69, 9.17) is 0 Å². The van der Waals surface area contributed by atoms with E-state index in [-0.39, 0.29) is 12.0 Å². The molecule has 6 heteroatoms. The molecule has 0 fully saturated rings. The molecule has 1 amide bonds. The molecule has 21 heavy (non-hydrogen) atoms. The Morgan fingerprint density at radius 2 is 2.05 bits per heavy atom. The Hall–Kier alpha value is -2.76. The van der Waals surface area contributed by atoms with Crippen LogP contribution in [0, 0.1) is 5.95 Å². The first-order chi connectivity index (χ1) is 10.1. The summed E-state index contributed by atoms with van der Waals surface area (Å²) >= 11 is 0. The number of pyridine rings is 1. The van der Waals surface area contributed by atoms with E-state index in [9.17, 15) is 19.1 Å². The number of carbonyl (C=O) groups is 2. The van der Waals surface area contributed by atoms with Gasteiger partial charge in [0, 0.05) is 29.9 Å². The van der Waals surface area contributed by atoms with Gasteiger partial charge in [-0.15, -0.1) is 0 Å². The minimum atomic E-state index is -1.09. The molecule has 0 saturated heterocycles. The lowest BCUT2D eigenvalue weighted by atomic mass is 10.1. The molecular formula is C15H11FN2O3. The van der Waals surface area contributed by atoms with E-state index in [1.54, 1.807) is 24.3 Å². The zero-order valence-corrected chi connectivity index (χ0v) is 10.9. The van der Waals surface area contributed by atoms with Crippen LogP contribution in [0.4, 0.5) is 10.1 Å². The number of amides is 1. The van der Waals surface area contributed by atoms with Gasteiger partial charge in [0.25, 0.3) is 5.91 Å². The van der Waals surface area contributed by atoms with Crippen molar-refractivity contribution < 1.29 is 19.1 Å². The van der Waals surface area contributed by atoms with Gasteiger partial charge in [0.15, 0.2) is 0 Å². The topological polar surface area (TPSA) is 70.5 Å². The van der Waals surface area contributed by atoms with Crippen molar-refractivity contribution in [2.24, 2.45) is 0 Å². The fourth-order valence-corrected chi connectivity index (χ4v) is 2.51. The van der Waals surface area contributed by atoms with E-state index in [0.717, 1.165) is 11.6 Å². The standard InChI is InChI=1S/C15H11FN2O3/c16-13-8-10(5-6-17-13)14(19)18-11-4-2-1-3-9(11)7-12(18)15(20)21/h1-6,8,12H,7H2,(H,20,21). The van der Waals surface area contributed by atoms with Gasteiger partial charge in [-0.2, -0.15) is 4.39 Å². The van der Waals surface area contributed by atoms with Crippen LogP contribution in [0.2, 0.25) is 0 Å². The third-order valence-corrected chi connectivity index (χ3v) is 3.45. The second-order valence-corrected chi connectivity index (χ2v) is 4.73. The van der Waals surface area contributed by atoms with Crippen molar-refractivity contribution in [2.45, 2.75) is 12.5 Å². The molecule has 0 radical (unpaired) electrons. The van der Waals surface area contributed by atoms with Crippen LogP contribution in [-0.4, -0.2) is 28.0 Å². The molecular weight excluding hydrogens is 275 g/mol. The van der Waals surface area contributed by atoms with Crippen LogP contribution in [0.15, 0.2) is 42.6 Å². The summed E-state index contributed by atoms with van der Waals surface area (Å²) in [7, 11) is 0.